The molecule has 1 N–H and O–H groups in total. The van der Waals surface area contributed by atoms with E-state index in [2.05, 4.69) is 0 Å². The number of carbonyl (C=O) groups is 1. The van der Waals surface area contributed by atoms with Gasteiger partial charge in [-0.25, -0.2) is 4.79 Å². The summed E-state index contributed by atoms with van der Waals surface area (Å²) in [5.74, 6) is 0.236. The maximum atomic E-state index is 10.5. The highest BCUT2D eigenvalue weighted by molar-refractivity contribution is 5.89. The number of carboxylic acids is 1. The zero-order valence-corrected chi connectivity index (χ0v) is 9.48. The number of allylic oxidation sites excluding steroid dienone is 1. The van der Waals surface area contributed by atoms with Gasteiger partial charge in [0.15, 0.2) is 11.5 Å². The Labute approximate surface area is 94.1 Å². The van der Waals surface area contributed by atoms with E-state index in [1.54, 1.807) is 32.2 Å². The predicted octanol–water partition coefficient (Wildman–Crippen LogP) is 2.19. The average Bonchev–Trinajstić information content (AvgIpc) is 2.27. The van der Waals surface area contributed by atoms with Gasteiger partial charge in [0, 0.05) is 6.08 Å². The fourth-order valence-electron chi connectivity index (χ4n) is 1.35. The number of hydrogen-bond acceptors (Lipinski definition) is 3. The van der Waals surface area contributed by atoms with E-state index in [9.17, 15) is 4.79 Å². The Hall–Kier alpha value is -1.97. The lowest BCUT2D eigenvalue weighted by atomic mass is 10.1. The first kappa shape index (κ1) is 12.1. The highest BCUT2D eigenvalue weighted by Crippen LogP contribution is 2.30. The number of benzene rings is 1. The topological polar surface area (TPSA) is 55.8 Å². The summed E-state index contributed by atoms with van der Waals surface area (Å²) in [6.07, 6.45) is 1.15. The summed E-state index contributed by atoms with van der Waals surface area (Å²) < 4.78 is 10.2. The smallest absolute Gasteiger partial charge is 0.328 e. The van der Waals surface area contributed by atoms with Crippen LogP contribution in [0.2, 0.25) is 0 Å². The van der Waals surface area contributed by atoms with Crippen molar-refractivity contribution in [3.63, 3.8) is 0 Å². The monoisotopic (exact) mass is 222 g/mol. The second-order valence-electron chi connectivity index (χ2n) is 3.24. The quantitative estimate of drug-likeness (QED) is 0.793. The highest BCUT2D eigenvalue weighted by Gasteiger charge is 2.06. The largest absolute Gasteiger partial charge is 0.493 e. The Balaban J connectivity index is 3.13. The molecular formula is C12H14O4. The first-order valence-electron chi connectivity index (χ1n) is 4.72. The first-order chi connectivity index (χ1) is 7.58. The Kier molecular flexibility index (Phi) is 3.94. The molecule has 4 nitrogen and oxygen atoms in total. The predicted molar refractivity (Wildman–Crippen MR) is 60.8 cm³/mol. The van der Waals surface area contributed by atoms with Crippen LogP contribution in [0.1, 0.15) is 12.5 Å². The molecule has 0 fully saturated rings. The van der Waals surface area contributed by atoms with Gasteiger partial charge in [0.1, 0.15) is 0 Å². The Bertz CT molecular complexity index is 421. The minimum absolute atomic E-state index is 0.582. The molecule has 4 heteroatoms. The van der Waals surface area contributed by atoms with Gasteiger partial charge in [0.05, 0.1) is 14.2 Å². The molecule has 0 saturated carbocycles. The zero-order valence-electron chi connectivity index (χ0n) is 9.48. The molecule has 0 heterocycles. The number of carboxylic acid groups (broad SMARTS) is 1. The first-order valence-corrected chi connectivity index (χ1v) is 4.72. The van der Waals surface area contributed by atoms with Crippen molar-refractivity contribution in [3.05, 3.63) is 29.8 Å². The van der Waals surface area contributed by atoms with Gasteiger partial charge < -0.3 is 14.6 Å². The van der Waals surface area contributed by atoms with Crippen molar-refractivity contribution in [3.8, 4) is 11.5 Å². The van der Waals surface area contributed by atoms with E-state index in [0.717, 1.165) is 11.6 Å². The van der Waals surface area contributed by atoms with Crippen molar-refractivity contribution in [2.24, 2.45) is 0 Å². The Morgan fingerprint density at radius 1 is 1.25 bits per heavy atom. The van der Waals surface area contributed by atoms with Gasteiger partial charge in [0.25, 0.3) is 0 Å². The van der Waals surface area contributed by atoms with Crippen LogP contribution >= 0.6 is 0 Å². The van der Waals surface area contributed by atoms with E-state index in [-0.39, 0.29) is 0 Å². The lowest BCUT2D eigenvalue weighted by Crippen LogP contribution is -1.93. The molecule has 0 aliphatic heterocycles. The van der Waals surface area contributed by atoms with E-state index in [0.29, 0.717) is 17.1 Å². The van der Waals surface area contributed by atoms with E-state index in [1.165, 1.54) is 7.11 Å². The molecule has 0 aromatic heterocycles. The summed E-state index contributed by atoms with van der Waals surface area (Å²) in [5.41, 5.74) is 1.45. The van der Waals surface area contributed by atoms with Gasteiger partial charge >= 0.3 is 5.97 Å². The molecule has 1 rings (SSSR count). The maximum absolute atomic E-state index is 10.5. The average molecular weight is 222 g/mol. The highest BCUT2D eigenvalue weighted by atomic mass is 16.5. The van der Waals surface area contributed by atoms with Crippen LogP contribution in [0.25, 0.3) is 5.57 Å². The fourth-order valence-corrected chi connectivity index (χ4v) is 1.35. The molecule has 0 amide bonds. The maximum Gasteiger partial charge on any atom is 0.328 e. The summed E-state index contributed by atoms with van der Waals surface area (Å²) >= 11 is 0. The molecule has 0 saturated heterocycles. The molecule has 0 unspecified atom stereocenters. The second-order valence-corrected chi connectivity index (χ2v) is 3.24. The molecule has 0 radical (unpaired) electrons. The Morgan fingerprint density at radius 3 is 2.38 bits per heavy atom. The van der Waals surface area contributed by atoms with Gasteiger partial charge in [-0.3, -0.25) is 0 Å². The SMILES string of the molecule is COc1ccc(/C(C)=C\C(=O)O)cc1OC. The van der Waals surface area contributed by atoms with Crippen LogP contribution < -0.4 is 9.47 Å². The molecule has 0 spiro atoms. The van der Waals surface area contributed by atoms with Crippen LogP contribution in [-0.2, 0) is 4.79 Å². The molecule has 1 aromatic rings. The van der Waals surface area contributed by atoms with Crippen LogP contribution in [0.3, 0.4) is 0 Å². The van der Waals surface area contributed by atoms with Crippen molar-refractivity contribution in [1.29, 1.82) is 0 Å². The second kappa shape index (κ2) is 5.21. The molecule has 0 bridgehead atoms. The van der Waals surface area contributed by atoms with Crippen molar-refractivity contribution >= 4 is 11.5 Å². The minimum Gasteiger partial charge on any atom is -0.493 e. The van der Waals surface area contributed by atoms with Gasteiger partial charge in [0.2, 0.25) is 0 Å². The van der Waals surface area contributed by atoms with E-state index in [4.69, 9.17) is 14.6 Å². The minimum atomic E-state index is -0.965. The van der Waals surface area contributed by atoms with Gasteiger partial charge in [-0.1, -0.05) is 6.07 Å². The zero-order chi connectivity index (χ0) is 12.1. The third-order valence-electron chi connectivity index (χ3n) is 2.18. The number of aliphatic carboxylic acids is 1. The van der Waals surface area contributed by atoms with Crippen LogP contribution in [0.4, 0.5) is 0 Å². The molecule has 86 valence electrons. The third kappa shape index (κ3) is 2.76. The van der Waals surface area contributed by atoms with Crippen molar-refractivity contribution in [2.75, 3.05) is 14.2 Å². The number of ether oxygens (including phenoxy) is 2. The number of rotatable bonds is 4. The third-order valence-corrected chi connectivity index (χ3v) is 2.18. The van der Waals surface area contributed by atoms with Crippen molar-refractivity contribution in [2.45, 2.75) is 6.92 Å². The number of methoxy groups -OCH3 is 2. The normalized spacial score (nSPS) is 11.1. The molecule has 0 atom stereocenters. The standard InChI is InChI=1S/C12H14O4/c1-8(6-12(13)14)9-4-5-10(15-2)11(7-9)16-3/h4-7H,1-3H3,(H,13,14)/b8-6-. The van der Waals surface area contributed by atoms with E-state index in [1.807, 2.05) is 0 Å². The number of hydrogen-bond donors (Lipinski definition) is 1. The van der Waals surface area contributed by atoms with Crippen LogP contribution in [0.15, 0.2) is 24.3 Å². The molecule has 1 aromatic carbocycles. The summed E-state index contributed by atoms with van der Waals surface area (Å²) in [5, 5.41) is 8.64. The van der Waals surface area contributed by atoms with Crippen molar-refractivity contribution in [1.82, 2.24) is 0 Å². The summed E-state index contributed by atoms with van der Waals surface area (Å²) in [4.78, 5) is 10.5. The van der Waals surface area contributed by atoms with Gasteiger partial charge in [-0.2, -0.15) is 0 Å². The van der Waals surface area contributed by atoms with Crippen LogP contribution in [0.5, 0.6) is 11.5 Å². The molecule has 16 heavy (non-hydrogen) atoms. The van der Waals surface area contributed by atoms with Crippen molar-refractivity contribution < 1.29 is 19.4 Å². The van der Waals surface area contributed by atoms with Gasteiger partial charge in [-0.15, -0.1) is 0 Å². The van der Waals surface area contributed by atoms with Gasteiger partial charge in [-0.05, 0) is 30.2 Å². The van der Waals surface area contributed by atoms with Crippen LogP contribution in [0, 0.1) is 0 Å². The molecule has 0 aliphatic rings. The lowest BCUT2D eigenvalue weighted by molar-refractivity contribution is -0.131. The molecule has 0 aliphatic carbocycles. The molecular weight excluding hydrogens is 208 g/mol. The Morgan fingerprint density at radius 2 is 1.88 bits per heavy atom. The van der Waals surface area contributed by atoms with Crippen LogP contribution in [-0.4, -0.2) is 25.3 Å². The summed E-state index contributed by atoms with van der Waals surface area (Å²) in [7, 11) is 3.09. The van der Waals surface area contributed by atoms with E-state index < -0.39 is 5.97 Å². The van der Waals surface area contributed by atoms with E-state index >= 15 is 0 Å². The lowest BCUT2D eigenvalue weighted by Gasteiger charge is -2.09. The summed E-state index contributed by atoms with van der Waals surface area (Å²) in [6, 6.07) is 5.27. The summed E-state index contributed by atoms with van der Waals surface area (Å²) in [6.45, 7) is 1.73. The fraction of sp³-hybridized carbons (Fsp3) is 0.250.